The molecule has 0 atom stereocenters. The van der Waals surface area contributed by atoms with Crippen LogP contribution < -0.4 is 10.9 Å². The van der Waals surface area contributed by atoms with E-state index in [1.807, 2.05) is 12.1 Å². The lowest BCUT2D eigenvalue weighted by molar-refractivity contribution is 0.101. The van der Waals surface area contributed by atoms with E-state index in [0.717, 1.165) is 4.47 Å². The van der Waals surface area contributed by atoms with E-state index in [2.05, 4.69) is 36.2 Å². The molecule has 0 aliphatic heterocycles. The number of anilines is 1. The van der Waals surface area contributed by atoms with E-state index in [9.17, 15) is 9.59 Å². The van der Waals surface area contributed by atoms with E-state index in [1.54, 1.807) is 48.3 Å². The second-order valence-corrected chi connectivity index (χ2v) is 8.17. The van der Waals surface area contributed by atoms with E-state index < -0.39 is 5.56 Å². The smallest absolute Gasteiger partial charge is 0.294 e. The van der Waals surface area contributed by atoms with Gasteiger partial charge in [0, 0.05) is 40.6 Å². The van der Waals surface area contributed by atoms with E-state index in [1.165, 1.54) is 0 Å². The lowest BCUT2D eigenvalue weighted by atomic mass is 10.1. The highest BCUT2D eigenvalue weighted by atomic mass is 79.9. The first-order chi connectivity index (χ1) is 14.9. The second kappa shape index (κ2) is 7.36. The number of nitrogens with zero attached hydrogens (tertiary/aromatic N) is 3. The van der Waals surface area contributed by atoms with Crippen LogP contribution in [0.2, 0.25) is 5.02 Å². The standard InChI is InChI=1S/C21H13BrClN5O3/c1-28-7-6-24-19(28)21(30)25-11-3-4-12(14(23)9-11)18-26-16-13-8-10(22)2-5-15(13)31-17(16)20(29)27-18/h2-9H,1H3,(H,25,30)(H,26,27,29). The van der Waals surface area contributed by atoms with E-state index >= 15 is 0 Å². The summed E-state index contributed by atoms with van der Waals surface area (Å²) in [6.45, 7) is 0. The van der Waals surface area contributed by atoms with Crippen LogP contribution in [0.15, 0.2) is 62.5 Å². The Hall–Kier alpha value is -3.43. The van der Waals surface area contributed by atoms with Gasteiger partial charge >= 0.3 is 0 Å². The molecule has 154 valence electrons. The lowest BCUT2D eigenvalue weighted by Gasteiger charge is -2.08. The number of hydrogen-bond acceptors (Lipinski definition) is 5. The third-order valence-electron chi connectivity index (χ3n) is 4.79. The minimum absolute atomic E-state index is 0.145. The fourth-order valence-electron chi connectivity index (χ4n) is 3.31. The number of nitrogens with one attached hydrogen (secondary N) is 2. The maximum Gasteiger partial charge on any atom is 0.294 e. The van der Waals surface area contributed by atoms with Crippen molar-refractivity contribution < 1.29 is 9.21 Å². The third-order valence-corrected chi connectivity index (χ3v) is 5.60. The Morgan fingerprint density at radius 3 is 2.84 bits per heavy atom. The highest BCUT2D eigenvalue weighted by Gasteiger charge is 2.17. The zero-order valence-electron chi connectivity index (χ0n) is 15.9. The number of carbonyl (C=O) groups excluding carboxylic acids is 1. The fraction of sp³-hybridized carbons (Fsp3) is 0.0476. The molecule has 5 aromatic rings. The molecule has 10 heteroatoms. The first-order valence-electron chi connectivity index (χ1n) is 9.11. The Kier molecular flexibility index (Phi) is 4.64. The number of rotatable bonds is 3. The van der Waals surface area contributed by atoms with Gasteiger partial charge in [-0.05, 0) is 36.4 Å². The molecular weight excluding hydrogens is 486 g/mol. The number of amides is 1. The normalized spacial score (nSPS) is 11.3. The minimum Gasteiger partial charge on any atom is -0.449 e. The average Bonchev–Trinajstić information content (AvgIpc) is 3.32. The molecule has 0 fully saturated rings. The summed E-state index contributed by atoms with van der Waals surface area (Å²) in [7, 11) is 1.73. The number of carbonyl (C=O) groups is 1. The molecule has 0 saturated carbocycles. The predicted molar refractivity (Wildman–Crippen MR) is 121 cm³/mol. The molecule has 0 radical (unpaired) electrons. The molecule has 3 aromatic heterocycles. The van der Waals surface area contributed by atoms with Crippen LogP contribution in [-0.4, -0.2) is 25.4 Å². The Bertz CT molecular complexity index is 1550. The van der Waals surface area contributed by atoms with Gasteiger partial charge in [0.25, 0.3) is 11.5 Å². The number of fused-ring (bicyclic) bond motifs is 3. The van der Waals surface area contributed by atoms with Crippen LogP contribution >= 0.6 is 27.5 Å². The molecule has 0 spiro atoms. The quantitative estimate of drug-likeness (QED) is 0.374. The molecule has 5 rings (SSSR count). The van der Waals surface area contributed by atoms with Crippen molar-refractivity contribution in [2.45, 2.75) is 0 Å². The molecule has 0 unspecified atom stereocenters. The van der Waals surface area contributed by atoms with E-state index in [-0.39, 0.29) is 17.3 Å². The largest absolute Gasteiger partial charge is 0.449 e. The summed E-state index contributed by atoms with van der Waals surface area (Å²) in [5.74, 6) is 0.210. The fourth-order valence-corrected chi connectivity index (χ4v) is 3.94. The van der Waals surface area contributed by atoms with Gasteiger partial charge in [-0.3, -0.25) is 9.59 Å². The number of imidazole rings is 1. The maximum absolute atomic E-state index is 12.6. The van der Waals surface area contributed by atoms with Crippen LogP contribution in [-0.2, 0) is 7.05 Å². The van der Waals surface area contributed by atoms with Crippen molar-refractivity contribution in [1.29, 1.82) is 0 Å². The Morgan fingerprint density at radius 1 is 1.26 bits per heavy atom. The molecular formula is C21H13BrClN5O3. The van der Waals surface area contributed by atoms with E-state index in [4.69, 9.17) is 16.0 Å². The van der Waals surface area contributed by atoms with Gasteiger partial charge in [-0.2, -0.15) is 0 Å². The Balaban J connectivity index is 1.55. The Labute approximate surface area is 188 Å². The van der Waals surface area contributed by atoms with Crippen LogP contribution in [0.3, 0.4) is 0 Å². The number of furan rings is 1. The van der Waals surface area contributed by atoms with Crippen LogP contribution in [0.1, 0.15) is 10.6 Å². The first-order valence-corrected chi connectivity index (χ1v) is 10.3. The monoisotopic (exact) mass is 497 g/mol. The number of benzene rings is 2. The number of halogens is 2. The highest BCUT2D eigenvalue weighted by Crippen LogP contribution is 2.32. The first kappa shape index (κ1) is 19.5. The average molecular weight is 499 g/mol. The van der Waals surface area contributed by atoms with Crippen molar-refractivity contribution in [1.82, 2.24) is 19.5 Å². The van der Waals surface area contributed by atoms with Crippen molar-refractivity contribution in [2.24, 2.45) is 7.05 Å². The summed E-state index contributed by atoms with van der Waals surface area (Å²) in [5.41, 5.74) is 1.75. The van der Waals surface area contributed by atoms with Crippen LogP contribution in [0, 0.1) is 0 Å². The van der Waals surface area contributed by atoms with Crippen molar-refractivity contribution in [2.75, 3.05) is 5.32 Å². The van der Waals surface area contributed by atoms with Crippen molar-refractivity contribution in [3.8, 4) is 11.4 Å². The van der Waals surface area contributed by atoms with Gasteiger partial charge in [0.2, 0.25) is 5.58 Å². The van der Waals surface area contributed by atoms with Gasteiger partial charge in [0.15, 0.2) is 5.82 Å². The molecule has 31 heavy (non-hydrogen) atoms. The molecule has 0 bridgehead atoms. The molecule has 2 N–H and O–H groups in total. The van der Waals surface area contributed by atoms with E-state index in [0.29, 0.717) is 38.6 Å². The molecule has 8 nitrogen and oxygen atoms in total. The van der Waals surface area contributed by atoms with Crippen molar-refractivity contribution in [3.63, 3.8) is 0 Å². The molecule has 0 saturated heterocycles. The molecule has 1 amide bonds. The van der Waals surface area contributed by atoms with Gasteiger partial charge in [-0.15, -0.1) is 0 Å². The van der Waals surface area contributed by atoms with Gasteiger partial charge in [0.05, 0.1) is 5.02 Å². The second-order valence-electron chi connectivity index (χ2n) is 6.85. The van der Waals surface area contributed by atoms with Crippen LogP contribution in [0.4, 0.5) is 5.69 Å². The summed E-state index contributed by atoms with van der Waals surface area (Å²) in [6, 6.07) is 10.4. The van der Waals surface area contributed by atoms with Gasteiger partial charge < -0.3 is 19.3 Å². The number of aromatic amines is 1. The Morgan fingerprint density at radius 2 is 2.10 bits per heavy atom. The number of hydrogen-bond donors (Lipinski definition) is 2. The molecule has 0 aliphatic carbocycles. The van der Waals surface area contributed by atoms with Crippen LogP contribution in [0.25, 0.3) is 33.5 Å². The topological polar surface area (TPSA) is 106 Å². The summed E-state index contributed by atoms with van der Waals surface area (Å²) in [4.78, 5) is 36.3. The van der Waals surface area contributed by atoms with Gasteiger partial charge in [0.1, 0.15) is 16.9 Å². The maximum atomic E-state index is 12.6. The number of aromatic nitrogens is 4. The molecule has 0 aliphatic rings. The SMILES string of the molecule is Cn1ccnc1C(=O)Nc1ccc(-c2nc3c(oc4ccc(Br)cc43)c(=O)[nH]2)c(Cl)c1. The van der Waals surface area contributed by atoms with Crippen molar-refractivity contribution in [3.05, 3.63) is 74.5 Å². The highest BCUT2D eigenvalue weighted by molar-refractivity contribution is 9.10. The summed E-state index contributed by atoms with van der Waals surface area (Å²) in [6.07, 6.45) is 3.22. The summed E-state index contributed by atoms with van der Waals surface area (Å²) in [5, 5.41) is 3.78. The minimum atomic E-state index is -0.407. The number of H-pyrrole nitrogens is 1. The molecule has 2 aromatic carbocycles. The predicted octanol–water partition coefficient (Wildman–Crippen LogP) is 4.74. The van der Waals surface area contributed by atoms with Crippen LogP contribution in [0.5, 0.6) is 0 Å². The van der Waals surface area contributed by atoms with Gasteiger partial charge in [-0.1, -0.05) is 27.5 Å². The van der Waals surface area contributed by atoms with Crippen molar-refractivity contribution >= 4 is 61.2 Å². The zero-order valence-corrected chi connectivity index (χ0v) is 18.3. The molecule has 3 heterocycles. The number of aryl methyl sites for hydroxylation is 1. The zero-order chi connectivity index (χ0) is 21.7. The van der Waals surface area contributed by atoms with Gasteiger partial charge in [-0.25, -0.2) is 9.97 Å². The summed E-state index contributed by atoms with van der Waals surface area (Å²) < 4.78 is 8.11. The third kappa shape index (κ3) is 3.41. The summed E-state index contributed by atoms with van der Waals surface area (Å²) >= 11 is 9.89. The lowest BCUT2D eigenvalue weighted by Crippen LogP contribution is -2.16.